The number of benzene rings is 1. The van der Waals surface area contributed by atoms with Crippen LogP contribution in [0, 0.1) is 0 Å². The van der Waals surface area contributed by atoms with Crippen molar-refractivity contribution in [3.63, 3.8) is 0 Å². The molecule has 0 amide bonds. The molecule has 0 aromatic heterocycles. The molecule has 1 aromatic carbocycles. The molecule has 0 spiro atoms. The van der Waals surface area contributed by atoms with E-state index in [2.05, 4.69) is 0 Å². The number of rotatable bonds is 6. The predicted molar refractivity (Wildman–Crippen MR) is 75.4 cm³/mol. The monoisotopic (exact) mass is 264 g/mol. The van der Waals surface area contributed by atoms with Crippen LogP contribution in [0.5, 0.6) is 5.75 Å². The lowest BCUT2D eigenvalue weighted by atomic mass is 10.0. The Morgan fingerprint density at radius 1 is 1.32 bits per heavy atom. The molecule has 1 aliphatic rings. The fraction of sp³-hybridized carbons (Fsp3) is 0.625. The van der Waals surface area contributed by atoms with Crippen LogP contribution in [-0.4, -0.2) is 28.5 Å². The molecule has 0 bridgehead atoms. The lowest BCUT2D eigenvalue weighted by Gasteiger charge is -2.22. The fourth-order valence-corrected chi connectivity index (χ4v) is 2.57. The summed E-state index contributed by atoms with van der Waals surface area (Å²) in [6.45, 7) is 2.34. The molecular formula is C16H24O3. The SMILES string of the molecule is CCC(O)Cc1cccc(OCC2(O)CCCC2)c1. The number of hydrogen-bond acceptors (Lipinski definition) is 3. The smallest absolute Gasteiger partial charge is 0.119 e. The minimum absolute atomic E-state index is 0.297. The van der Waals surface area contributed by atoms with Crippen molar-refractivity contribution in [2.45, 2.75) is 57.2 Å². The second-order valence-corrected chi connectivity index (χ2v) is 5.63. The van der Waals surface area contributed by atoms with Crippen molar-refractivity contribution in [2.24, 2.45) is 0 Å². The molecule has 2 rings (SSSR count). The van der Waals surface area contributed by atoms with Gasteiger partial charge in [-0.15, -0.1) is 0 Å². The first-order chi connectivity index (χ1) is 9.11. The molecule has 1 aromatic rings. The summed E-state index contributed by atoms with van der Waals surface area (Å²) >= 11 is 0. The van der Waals surface area contributed by atoms with Crippen LogP contribution in [0.2, 0.25) is 0 Å². The van der Waals surface area contributed by atoms with E-state index in [1.165, 1.54) is 0 Å². The number of aliphatic hydroxyl groups excluding tert-OH is 1. The molecule has 0 saturated heterocycles. The fourth-order valence-electron chi connectivity index (χ4n) is 2.57. The Morgan fingerprint density at radius 3 is 2.74 bits per heavy atom. The van der Waals surface area contributed by atoms with Gasteiger partial charge in [0.25, 0.3) is 0 Å². The van der Waals surface area contributed by atoms with Gasteiger partial charge < -0.3 is 14.9 Å². The zero-order valence-corrected chi connectivity index (χ0v) is 11.6. The Morgan fingerprint density at radius 2 is 2.05 bits per heavy atom. The number of aliphatic hydroxyl groups is 2. The highest BCUT2D eigenvalue weighted by Gasteiger charge is 2.31. The van der Waals surface area contributed by atoms with Gasteiger partial charge in [0.2, 0.25) is 0 Å². The first kappa shape index (κ1) is 14.4. The lowest BCUT2D eigenvalue weighted by molar-refractivity contribution is 0.00137. The minimum atomic E-state index is -0.640. The van der Waals surface area contributed by atoms with Gasteiger partial charge in [0.05, 0.1) is 11.7 Å². The molecule has 1 aliphatic carbocycles. The normalized spacial score (nSPS) is 19.3. The van der Waals surface area contributed by atoms with Crippen molar-refractivity contribution >= 4 is 0 Å². The van der Waals surface area contributed by atoms with Crippen LogP contribution in [0.15, 0.2) is 24.3 Å². The van der Waals surface area contributed by atoms with Crippen molar-refractivity contribution < 1.29 is 14.9 Å². The second-order valence-electron chi connectivity index (χ2n) is 5.63. The molecule has 1 unspecified atom stereocenters. The van der Waals surface area contributed by atoms with E-state index >= 15 is 0 Å². The average molecular weight is 264 g/mol. The molecule has 0 heterocycles. The van der Waals surface area contributed by atoms with E-state index in [0.29, 0.717) is 13.0 Å². The van der Waals surface area contributed by atoms with Crippen LogP contribution < -0.4 is 4.74 Å². The van der Waals surface area contributed by atoms with Crippen LogP contribution in [0.1, 0.15) is 44.6 Å². The molecule has 19 heavy (non-hydrogen) atoms. The summed E-state index contributed by atoms with van der Waals surface area (Å²) in [6.07, 6.45) is 4.95. The molecule has 106 valence electrons. The summed E-state index contributed by atoms with van der Waals surface area (Å²) in [5.74, 6) is 0.779. The van der Waals surface area contributed by atoms with E-state index in [4.69, 9.17) is 4.74 Å². The highest BCUT2D eigenvalue weighted by Crippen LogP contribution is 2.30. The molecule has 1 atom stereocenters. The van der Waals surface area contributed by atoms with Crippen LogP contribution in [0.25, 0.3) is 0 Å². The Hall–Kier alpha value is -1.06. The third-order valence-corrected chi connectivity index (χ3v) is 3.88. The highest BCUT2D eigenvalue weighted by atomic mass is 16.5. The van der Waals surface area contributed by atoms with Gasteiger partial charge in [0, 0.05) is 0 Å². The minimum Gasteiger partial charge on any atom is -0.491 e. The Labute approximate surface area is 115 Å². The van der Waals surface area contributed by atoms with Crippen molar-refractivity contribution in [1.29, 1.82) is 0 Å². The zero-order chi connectivity index (χ0) is 13.7. The topological polar surface area (TPSA) is 49.7 Å². The molecule has 3 nitrogen and oxygen atoms in total. The number of hydrogen-bond donors (Lipinski definition) is 2. The first-order valence-corrected chi connectivity index (χ1v) is 7.23. The van der Waals surface area contributed by atoms with Crippen LogP contribution in [-0.2, 0) is 6.42 Å². The Bertz CT molecular complexity index is 397. The summed E-state index contributed by atoms with van der Waals surface area (Å²) in [7, 11) is 0. The molecule has 1 fully saturated rings. The van der Waals surface area contributed by atoms with Gasteiger partial charge >= 0.3 is 0 Å². The average Bonchev–Trinajstić information content (AvgIpc) is 2.84. The van der Waals surface area contributed by atoms with Gasteiger partial charge in [-0.2, -0.15) is 0 Å². The largest absolute Gasteiger partial charge is 0.491 e. The molecule has 0 aliphatic heterocycles. The van der Waals surface area contributed by atoms with Crippen molar-refractivity contribution in [1.82, 2.24) is 0 Å². The Kier molecular flexibility index (Phi) is 4.83. The third kappa shape index (κ3) is 4.22. The third-order valence-electron chi connectivity index (χ3n) is 3.88. The zero-order valence-electron chi connectivity index (χ0n) is 11.6. The summed E-state index contributed by atoms with van der Waals surface area (Å²) in [4.78, 5) is 0. The summed E-state index contributed by atoms with van der Waals surface area (Å²) in [6, 6.07) is 7.79. The maximum Gasteiger partial charge on any atom is 0.119 e. The van der Waals surface area contributed by atoms with E-state index in [9.17, 15) is 10.2 Å². The van der Waals surface area contributed by atoms with Crippen molar-refractivity contribution in [3.8, 4) is 5.75 Å². The maximum atomic E-state index is 10.2. The van der Waals surface area contributed by atoms with E-state index in [1.54, 1.807) is 0 Å². The molecule has 0 radical (unpaired) electrons. The molecule has 3 heteroatoms. The maximum absolute atomic E-state index is 10.2. The van der Waals surface area contributed by atoms with Crippen LogP contribution in [0.4, 0.5) is 0 Å². The van der Waals surface area contributed by atoms with Gasteiger partial charge in [0.1, 0.15) is 12.4 Å². The van der Waals surface area contributed by atoms with Gasteiger partial charge in [0.15, 0.2) is 0 Å². The van der Waals surface area contributed by atoms with Crippen LogP contribution >= 0.6 is 0 Å². The standard InChI is InChI=1S/C16H24O3/c1-2-14(17)10-13-6-5-7-15(11-13)19-12-16(18)8-3-4-9-16/h5-7,11,14,17-18H,2-4,8-10,12H2,1H3. The molecule has 1 saturated carbocycles. The highest BCUT2D eigenvalue weighted by molar-refractivity contribution is 5.29. The van der Waals surface area contributed by atoms with E-state index < -0.39 is 5.60 Å². The lowest BCUT2D eigenvalue weighted by Crippen LogP contribution is -2.32. The van der Waals surface area contributed by atoms with E-state index in [1.807, 2.05) is 31.2 Å². The summed E-state index contributed by atoms with van der Waals surface area (Å²) in [5, 5.41) is 19.9. The Balaban J connectivity index is 1.91. The number of ether oxygens (including phenoxy) is 1. The summed E-state index contributed by atoms with van der Waals surface area (Å²) < 4.78 is 5.72. The van der Waals surface area contributed by atoms with Crippen molar-refractivity contribution in [3.05, 3.63) is 29.8 Å². The van der Waals surface area contributed by atoms with Crippen LogP contribution in [0.3, 0.4) is 0 Å². The molecule has 2 N–H and O–H groups in total. The van der Waals surface area contributed by atoms with Gasteiger partial charge in [-0.05, 0) is 43.4 Å². The van der Waals surface area contributed by atoms with E-state index in [-0.39, 0.29) is 6.10 Å². The van der Waals surface area contributed by atoms with Gasteiger partial charge in [-0.25, -0.2) is 0 Å². The van der Waals surface area contributed by atoms with E-state index in [0.717, 1.165) is 43.4 Å². The van der Waals surface area contributed by atoms with Crippen molar-refractivity contribution in [2.75, 3.05) is 6.61 Å². The first-order valence-electron chi connectivity index (χ1n) is 7.23. The quantitative estimate of drug-likeness (QED) is 0.830. The second kappa shape index (κ2) is 6.40. The predicted octanol–water partition coefficient (Wildman–Crippen LogP) is 2.68. The molecular weight excluding hydrogens is 240 g/mol. The van der Waals surface area contributed by atoms with Gasteiger partial charge in [-0.1, -0.05) is 31.9 Å². The van der Waals surface area contributed by atoms with Gasteiger partial charge in [-0.3, -0.25) is 0 Å². The summed E-state index contributed by atoms with van der Waals surface area (Å²) in [5.41, 5.74) is 0.434.